The van der Waals surface area contributed by atoms with E-state index in [9.17, 15) is 13.2 Å². The number of halogens is 1. The summed E-state index contributed by atoms with van der Waals surface area (Å²) in [6.07, 6.45) is 1.45. The minimum absolute atomic E-state index is 0.0722. The lowest BCUT2D eigenvalue weighted by molar-refractivity contribution is 0.0941. The van der Waals surface area contributed by atoms with Crippen molar-refractivity contribution in [2.45, 2.75) is 44.0 Å². The molecule has 0 aromatic heterocycles. The van der Waals surface area contributed by atoms with E-state index in [1.165, 1.54) is 6.07 Å². The number of primary sulfonamides is 1. The van der Waals surface area contributed by atoms with Crippen LogP contribution in [0.2, 0.25) is 0 Å². The molecule has 0 heterocycles. The molecule has 5 N–H and O–H groups in total. The van der Waals surface area contributed by atoms with Crippen molar-refractivity contribution < 1.29 is 13.2 Å². The Morgan fingerprint density at radius 1 is 1.32 bits per heavy atom. The first-order valence-corrected chi connectivity index (χ1v) is 9.28. The molecule has 0 spiro atoms. The number of amides is 1. The van der Waals surface area contributed by atoms with Crippen molar-refractivity contribution >= 4 is 31.9 Å². The Balaban J connectivity index is 3.12. The molecule has 0 atom stereocenters. The maximum atomic E-state index is 12.4. The second-order valence-electron chi connectivity index (χ2n) is 5.37. The van der Waals surface area contributed by atoms with Crippen LogP contribution in [0, 0.1) is 6.92 Å². The topological polar surface area (TPSA) is 115 Å². The van der Waals surface area contributed by atoms with Crippen LogP contribution in [0.1, 0.15) is 42.6 Å². The van der Waals surface area contributed by atoms with Crippen LogP contribution < -0.4 is 16.2 Å². The van der Waals surface area contributed by atoms with E-state index < -0.39 is 15.6 Å². The number of carbonyl (C=O) groups is 1. The van der Waals surface area contributed by atoms with Crippen molar-refractivity contribution in [3.05, 3.63) is 27.7 Å². The van der Waals surface area contributed by atoms with Crippen LogP contribution in [-0.4, -0.2) is 26.4 Å². The fourth-order valence-electron chi connectivity index (χ4n) is 2.04. The smallest absolute Gasteiger partial charge is 0.251 e. The van der Waals surface area contributed by atoms with Crippen LogP contribution in [0.15, 0.2) is 21.5 Å². The Morgan fingerprint density at radius 2 is 1.86 bits per heavy atom. The van der Waals surface area contributed by atoms with Crippen molar-refractivity contribution in [3.63, 3.8) is 0 Å². The van der Waals surface area contributed by atoms with Gasteiger partial charge in [-0.1, -0.05) is 29.8 Å². The van der Waals surface area contributed by atoms with Gasteiger partial charge < -0.3 is 11.1 Å². The monoisotopic (exact) mass is 391 g/mol. The zero-order chi connectivity index (χ0) is 17.1. The molecule has 1 amide bonds. The normalized spacial score (nSPS) is 12.3. The van der Waals surface area contributed by atoms with Gasteiger partial charge in [-0.3, -0.25) is 4.79 Å². The van der Waals surface area contributed by atoms with Crippen LogP contribution in [0.4, 0.5) is 0 Å². The summed E-state index contributed by atoms with van der Waals surface area (Å²) >= 11 is 3.20. The summed E-state index contributed by atoms with van der Waals surface area (Å²) < 4.78 is 23.7. The van der Waals surface area contributed by atoms with Gasteiger partial charge in [-0.25, -0.2) is 13.6 Å². The number of benzene rings is 1. The average Bonchev–Trinajstić information content (AvgIpc) is 2.45. The number of carbonyl (C=O) groups excluding carboxylic acids is 1. The maximum Gasteiger partial charge on any atom is 0.251 e. The first kappa shape index (κ1) is 19.1. The molecule has 0 saturated heterocycles. The summed E-state index contributed by atoms with van der Waals surface area (Å²) in [5.74, 6) is -0.375. The standard InChI is InChI=1S/C14H22BrN3O3S/c1-4-14(16,5-2)8-18-13(19)11-6-10(15)7-12(9(11)3)22(17,20)21/h6-7H,4-5,8,16H2,1-3H3,(H,18,19)(H2,17,20,21). The third-order valence-corrected chi connectivity index (χ3v) is 5.38. The summed E-state index contributed by atoms with van der Waals surface area (Å²) in [6, 6.07) is 2.95. The molecule has 0 saturated carbocycles. The molecule has 8 heteroatoms. The summed E-state index contributed by atoms with van der Waals surface area (Å²) in [5.41, 5.74) is 6.25. The first-order valence-electron chi connectivity index (χ1n) is 6.94. The van der Waals surface area contributed by atoms with Crippen molar-refractivity contribution in [1.29, 1.82) is 0 Å². The Labute approximate surface area is 139 Å². The molecule has 0 bridgehead atoms. The van der Waals surface area contributed by atoms with Gasteiger partial charge in [0.15, 0.2) is 0 Å². The Kier molecular flexibility index (Phi) is 6.14. The van der Waals surface area contributed by atoms with Gasteiger partial charge in [0.05, 0.1) is 4.90 Å². The average molecular weight is 392 g/mol. The van der Waals surface area contributed by atoms with Gasteiger partial charge in [0.25, 0.3) is 5.91 Å². The number of nitrogens with one attached hydrogen (secondary N) is 1. The van der Waals surface area contributed by atoms with Crippen molar-refractivity contribution in [1.82, 2.24) is 5.32 Å². The van der Waals surface area contributed by atoms with Crippen molar-refractivity contribution in [2.75, 3.05) is 6.54 Å². The molecule has 0 aliphatic rings. The van der Waals surface area contributed by atoms with Gasteiger partial charge in [-0.05, 0) is 37.5 Å². The molecule has 1 rings (SSSR count). The van der Waals surface area contributed by atoms with Gasteiger partial charge in [0.1, 0.15) is 0 Å². The Bertz CT molecular complexity index is 670. The quantitative estimate of drug-likeness (QED) is 0.683. The lowest BCUT2D eigenvalue weighted by atomic mass is 9.94. The highest BCUT2D eigenvalue weighted by Crippen LogP contribution is 2.24. The van der Waals surface area contributed by atoms with Crippen LogP contribution in [0.25, 0.3) is 0 Å². The number of nitrogens with two attached hydrogens (primary N) is 2. The van der Waals surface area contributed by atoms with E-state index in [4.69, 9.17) is 10.9 Å². The minimum Gasteiger partial charge on any atom is -0.350 e. The van der Waals surface area contributed by atoms with E-state index in [1.807, 2.05) is 13.8 Å². The van der Waals surface area contributed by atoms with Crippen LogP contribution in [-0.2, 0) is 10.0 Å². The molecular formula is C14H22BrN3O3S. The number of sulfonamides is 1. The first-order chi connectivity index (χ1) is 10.0. The molecule has 124 valence electrons. The number of hydrogen-bond donors (Lipinski definition) is 3. The predicted octanol–water partition coefficient (Wildman–Crippen LogP) is 1.65. The van der Waals surface area contributed by atoms with Crippen LogP contribution in [0.5, 0.6) is 0 Å². The van der Waals surface area contributed by atoms with E-state index in [2.05, 4.69) is 21.2 Å². The van der Waals surface area contributed by atoms with Crippen LogP contribution in [0.3, 0.4) is 0 Å². The van der Waals surface area contributed by atoms with Gasteiger partial charge in [-0.2, -0.15) is 0 Å². The fourth-order valence-corrected chi connectivity index (χ4v) is 3.47. The summed E-state index contributed by atoms with van der Waals surface area (Å²) in [7, 11) is -3.90. The SMILES string of the molecule is CCC(N)(CC)CNC(=O)c1cc(Br)cc(S(N)(=O)=O)c1C. The van der Waals surface area contributed by atoms with Crippen LogP contribution >= 0.6 is 15.9 Å². The second-order valence-corrected chi connectivity index (χ2v) is 7.82. The molecule has 0 fully saturated rings. The van der Waals surface area contributed by atoms with Crippen molar-refractivity contribution in [2.24, 2.45) is 10.9 Å². The lowest BCUT2D eigenvalue weighted by Gasteiger charge is -2.27. The molecular weight excluding hydrogens is 370 g/mol. The third-order valence-electron chi connectivity index (χ3n) is 3.89. The summed E-state index contributed by atoms with van der Waals surface area (Å²) in [5, 5.41) is 7.95. The van der Waals surface area contributed by atoms with E-state index in [0.717, 1.165) is 12.8 Å². The summed E-state index contributed by atoms with van der Waals surface area (Å²) in [6.45, 7) is 5.78. The molecule has 0 radical (unpaired) electrons. The zero-order valence-electron chi connectivity index (χ0n) is 12.9. The molecule has 0 aliphatic heterocycles. The molecule has 22 heavy (non-hydrogen) atoms. The van der Waals surface area contributed by atoms with Gasteiger partial charge in [0.2, 0.25) is 10.0 Å². The largest absolute Gasteiger partial charge is 0.350 e. The number of hydrogen-bond acceptors (Lipinski definition) is 4. The molecule has 0 aliphatic carbocycles. The minimum atomic E-state index is -3.90. The lowest BCUT2D eigenvalue weighted by Crippen LogP contribution is -2.49. The number of rotatable bonds is 6. The molecule has 0 unspecified atom stereocenters. The predicted molar refractivity (Wildman–Crippen MR) is 90.1 cm³/mol. The second kappa shape index (κ2) is 7.08. The molecule has 6 nitrogen and oxygen atoms in total. The molecule has 1 aromatic rings. The Hall–Kier alpha value is -0.960. The highest BCUT2D eigenvalue weighted by atomic mass is 79.9. The van der Waals surface area contributed by atoms with E-state index in [1.54, 1.807) is 13.0 Å². The van der Waals surface area contributed by atoms with E-state index in [-0.39, 0.29) is 16.4 Å². The fraction of sp³-hybridized carbons (Fsp3) is 0.500. The van der Waals surface area contributed by atoms with Crippen molar-refractivity contribution in [3.8, 4) is 0 Å². The molecule has 1 aromatic carbocycles. The van der Waals surface area contributed by atoms with Gasteiger partial charge in [0, 0.05) is 22.1 Å². The summed E-state index contributed by atoms with van der Waals surface area (Å²) in [4.78, 5) is 12.3. The highest BCUT2D eigenvalue weighted by Gasteiger charge is 2.23. The third kappa shape index (κ3) is 4.52. The van der Waals surface area contributed by atoms with E-state index >= 15 is 0 Å². The maximum absolute atomic E-state index is 12.4. The highest BCUT2D eigenvalue weighted by molar-refractivity contribution is 9.10. The van der Waals surface area contributed by atoms with Gasteiger partial charge >= 0.3 is 0 Å². The Morgan fingerprint density at radius 3 is 2.32 bits per heavy atom. The van der Waals surface area contributed by atoms with E-state index in [0.29, 0.717) is 16.6 Å². The van der Waals surface area contributed by atoms with Gasteiger partial charge in [-0.15, -0.1) is 0 Å². The zero-order valence-corrected chi connectivity index (χ0v) is 15.3.